The topological polar surface area (TPSA) is 58.6 Å². The molecule has 1 aliphatic heterocycles. The van der Waals surface area contributed by atoms with E-state index in [1.165, 1.54) is 5.56 Å². The summed E-state index contributed by atoms with van der Waals surface area (Å²) in [5.41, 5.74) is 2.58. The van der Waals surface area contributed by atoms with Gasteiger partial charge in [0.1, 0.15) is 5.60 Å². The fraction of sp³-hybridized carbons (Fsp3) is 0.600. The monoisotopic (exact) mass is 346 g/mol. The zero-order valence-electron chi connectivity index (χ0n) is 16.2. The molecular formula is C20H30N2O3. The quantitative estimate of drug-likeness (QED) is 0.850. The van der Waals surface area contributed by atoms with Crippen molar-refractivity contribution >= 4 is 17.6 Å². The number of benzene rings is 1. The number of nitrogens with zero attached hydrogens (tertiary/aromatic N) is 1. The van der Waals surface area contributed by atoms with E-state index >= 15 is 0 Å². The van der Waals surface area contributed by atoms with E-state index in [-0.39, 0.29) is 23.8 Å². The number of hydrogen-bond donors (Lipinski definition) is 1. The largest absolute Gasteiger partial charge is 0.460 e. The Balaban J connectivity index is 1.93. The van der Waals surface area contributed by atoms with Gasteiger partial charge in [0.05, 0.1) is 12.0 Å². The van der Waals surface area contributed by atoms with Crippen molar-refractivity contribution in [2.24, 2.45) is 5.92 Å². The van der Waals surface area contributed by atoms with Crippen LogP contribution < -0.4 is 5.32 Å². The molecule has 1 fully saturated rings. The summed E-state index contributed by atoms with van der Waals surface area (Å²) in [4.78, 5) is 26.8. The Hall–Kier alpha value is -1.88. The molecule has 138 valence electrons. The third-order valence-corrected chi connectivity index (χ3v) is 4.53. The second-order valence-corrected chi connectivity index (χ2v) is 8.00. The van der Waals surface area contributed by atoms with Gasteiger partial charge in [0.15, 0.2) is 0 Å². The molecule has 2 unspecified atom stereocenters. The molecule has 2 atom stereocenters. The van der Waals surface area contributed by atoms with E-state index in [0.29, 0.717) is 6.54 Å². The average Bonchev–Trinajstić information content (AvgIpc) is 2.97. The highest BCUT2D eigenvalue weighted by Crippen LogP contribution is 2.23. The highest BCUT2D eigenvalue weighted by molar-refractivity contribution is 5.95. The minimum absolute atomic E-state index is 0.0446. The number of carbonyl (C=O) groups is 2. The van der Waals surface area contributed by atoms with E-state index in [4.69, 9.17) is 4.74 Å². The summed E-state index contributed by atoms with van der Waals surface area (Å²) in [5.74, 6) is -0.371. The number of carbonyl (C=O) groups excluding carboxylic acids is 2. The summed E-state index contributed by atoms with van der Waals surface area (Å²) in [6.07, 6.45) is 0.732. The molecule has 0 saturated carbocycles. The molecule has 0 aliphatic carbocycles. The van der Waals surface area contributed by atoms with Crippen molar-refractivity contribution in [3.63, 3.8) is 0 Å². The van der Waals surface area contributed by atoms with Crippen molar-refractivity contribution < 1.29 is 14.3 Å². The Labute approximate surface area is 150 Å². The summed E-state index contributed by atoms with van der Waals surface area (Å²) < 4.78 is 5.47. The SMILES string of the molecule is Cc1ccc(NC(=O)C(C)N2CCC(C(=O)OC(C)(C)C)C2)c(C)c1. The molecule has 1 aromatic rings. The molecular weight excluding hydrogens is 316 g/mol. The molecule has 5 heteroatoms. The number of nitrogens with one attached hydrogen (secondary N) is 1. The van der Waals surface area contributed by atoms with Crippen molar-refractivity contribution in [1.82, 2.24) is 4.90 Å². The van der Waals surface area contributed by atoms with E-state index in [0.717, 1.165) is 24.2 Å². The van der Waals surface area contributed by atoms with Gasteiger partial charge in [-0.25, -0.2) is 0 Å². The molecule has 1 heterocycles. The molecule has 0 spiro atoms. The van der Waals surface area contributed by atoms with Crippen LogP contribution in [0.1, 0.15) is 45.2 Å². The summed E-state index contributed by atoms with van der Waals surface area (Å²) >= 11 is 0. The number of rotatable bonds is 4. The van der Waals surface area contributed by atoms with Crippen LogP contribution in [-0.2, 0) is 14.3 Å². The Morgan fingerprint density at radius 2 is 1.96 bits per heavy atom. The van der Waals surface area contributed by atoms with Crippen LogP contribution in [-0.4, -0.2) is 41.5 Å². The Bertz CT molecular complexity index is 649. The zero-order valence-corrected chi connectivity index (χ0v) is 16.2. The number of esters is 1. The second kappa shape index (κ2) is 7.56. The molecule has 2 rings (SSSR count). The van der Waals surface area contributed by atoms with Gasteiger partial charge in [0, 0.05) is 12.2 Å². The molecule has 1 aliphatic rings. The first kappa shape index (κ1) is 19.4. The molecule has 1 amide bonds. The normalized spacial score (nSPS) is 19.5. The second-order valence-electron chi connectivity index (χ2n) is 8.00. The molecule has 25 heavy (non-hydrogen) atoms. The lowest BCUT2D eigenvalue weighted by atomic mass is 10.1. The maximum Gasteiger partial charge on any atom is 0.310 e. The van der Waals surface area contributed by atoms with E-state index in [2.05, 4.69) is 11.4 Å². The van der Waals surface area contributed by atoms with Crippen LogP contribution in [0, 0.1) is 19.8 Å². The van der Waals surface area contributed by atoms with Gasteiger partial charge in [-0.3, -0.25) is 14.5 Å². The van der Waals surface area contributed by atoms with Crippen LogP contribution in [0.25, 0.3) is 0 Å². The lowest BCUT2D eigenvalue weighted by molar-refractivity contribution is -0.159. The number of likely N-dealkylation sites (tertiary alicyclic amines) is 1. The maximum absolute atomic E-state index is 12.6. The van der Waals surface area contributed by atoms with Gasteiger partial charge in [-0.15, -0.1) is 0 Å². The van der Waals surface area contributed by atoms with E-state index in [1.807, 2.05) is 58.6 Å². The van der Waals surface area contributed by atoms with Gasteiger partial charge < -0.3 is 10.1 Å². The summed E-state index contributed by atoms with van der Waals surface area (Å²) in [7, 11) is 0. The van der Waals surface area contributed by atoms with Crippen LogP contribution >= 0.6 is 0 Å². The highest BCUT2D eigenvalue weighted by Gasteiger charge is 2.35. The molecule has 0 aromatic heterocycles. The molecule has 1 saturated heterocycles. The third-order valence-electron chi connectivity index (χ3n) is 4.53. The predicted octanol–water partition coefficient (Wildman–Crippen LogP) is 3.29. The van der Waals surface area contributed by atoms with Crippen molar-refractivity contribution in [2.75, 3.05) is 18.4 Å². The minimum atomic E-state index is -0.476. The van der Waals surface area contributed by atoms with E-state index in [1.54, 1.807) is 0 Å². The van der Waals surface area contributed by atoms with Crippen molar-refractivity contribution in [2.45, 2.75) is 59.6 Å². The van der Waals surface area contributed by atoms with E-state index < -0.39 is 5.60 Å². The number of hydrogen-bond acceptors (Lipinski definition) is 4. The van der Waals surface area contributed by atoms with Crippen molar-refractivity contribution in [3.05, 3.63) is 29.3 Å². The number of anilines is 1. The molecule has 1 N–H and O–H groups in total. The van der Waals surface area contributed by atoms with Crippen LogP contribution in [0.5, 0.6) is 0 Å². The molecule has 0 bridgehead atoms. The fourth-order valence-corrected chi connectivity index (χ4v) is 3.07. The first-order valence-electron chi connectivity index (χ1n) is 8.92. The fourth-order valence-electron chi connectivity index (χ4n) is 3.07. The van der Waals surface area contributed by atoms with Crippen LogP contribution in [0.3, 0.4) is 0 Å². The van der Waals surface area contributed by atoms with Gasteiger partial charge in [-0.05, 0) is 66.1 Å². The predicted molar refractivity (Wildman–Crippen MR) is 99.5 cm³/mol. The Morgan fingerprint density at radius 1 is 1.28 bits per heavy atom. The average molecular weight is 346 g/mol. The number of ether oxygens (including phenoxy) is 1. The molecule has 5 nitrogen and oxygen atoms in total. The van der Waals surface area contributed by atoms with Gasteiger partial charge in [0.25, 0.3) is 0 Å². The molecule has 0 radical (unpaired) electrons. The smallest absolute Gasteiger partial charge is 0.310 e. The number of aryl methyl sites for hydroxylation is 2. The van der Waals surface area contributed by atoms with Crippen molar-refractivity contribution in [1.29, 1.82) is 0 Å². The minimum Gasteiger partial charge on any atom is -0.460 e. The van der Waals surface area contributed by atoms with Gasteiger partial charge >= 0.3 is 5.97 Å². The maximum atomic E-state index is 12.6. The Morgan fingerprint density at radius 3 is 2.56 bits per heavy atom. The van der Waals surface area contributed by atoms with Gasteiger partial charge in [-0.1, -0.05) is 17.7 Å². The molecule has 1 aromatic carbocycles. The third kappa shape index (κ3) is 5.30. The van der Waals surface area contributed by atoms with Crippen LogP contribution in [0.4, 0.5) is 5.69 Å². The summed E-state index contributed by atoms with van der Waals surface area (Å²) in [5, 5.41) is 3.00. The summed E-state index contributed by atoms with van der Waals surface area (Å²) in [6, 6.07) is 5.69. The van der Waals surface area contributed by atoms with E-state index in [9.17, 15) is 9.59 Å². The lowest BCUT2D eigenvalue weighted by Gasteiger charge is -2.25. The van der Waals surface area contributed by atoms with Crippen molar-refractivity contribution in [3.8, 4) is 0 Å². The highest BCUT2D eigenvalue weighted by atomic mass is 16.6. The summed E-state index contributed by atoms with van der Waals surface area (Å²) in [6.45, 7) is 12.8. The van der Waals surface area contributed by atoms with Gasteiger partial charge in [-0.2, -0.15) is 0 Å². The van der Waals surface area contributed by atoms with Gasteiger partial charge in [0.2, 0.25) is 5.91 Å². The van der Waals surface area contributed by atoms with Crippen LogP contribution in [0.2, 0.25) is 0 Å². The van der Waals surface area contributed by atoms with Crippen LogP contribution in [0.15, 0.2) is 18.2 Å². The Kier molecular flexibility index (Phi) is 5.88. The standard InChI is InChI=1S/C20H30N2O3/c1-13-7-8-17(14(2)11-13)21-18(23)15(3)22-10-9-16(12-22)19(24)25-20(4,5)6/h7-8,11,15-16H,9-10,12H2,1-6H3,(H,21,23). The first-order chi connectivity index (χ1) is 11.6. The lowest BCUT2D eigenvalue weighted by Crippen LogP contribution is -2.41. The zero-order chi connectivity index (χ0) is 18.8. The first-order valence-corrected chi connectivity index (χ1v) is 8.92. The number of amides is 1.